The summed E-state index contributed by atoms with van der Waals surface area (Å²) in [4.78, 5) is 21.4. The number of nitrogens with one attached hydrogen (secondary N) is 1. The Hall–Kier alpha value is -2.73. The summed E-state index contributed by atoms with van der Waals surface area (Å²) in [6.45, 7) is 2.40. The van der Waals surface area contributed by atoms with Crippen molar-refractivity contribution in [2.75, 3.05) is 0 Å². The van der Waals surface area contributed by atoms with Gasteiger partial charge in [-0.25, -0.2) is 9.97 Å². The van der Waals surface area contributed by atoms with Crippen molar-refractivity contribution in [2.24, 2.45) is 0 Å². The molecule has 1 N–H and O–H groups in total. The number of nitrogens with zero attached hydrogens (tertiary/aromatic N) is 2. The van der Waals surface area contributed by atoms with Crippen LogP contribution in [0.2, 0.25) is 0 Å². The minimum atomic E-state index is -0.171. The van der Waals surface area contributed by atoms with Gasteiger partial charge in [-0.15, -0.1) is 11.3 Å². The summed E-state index contributed by atoms with van der Waals surface area (Å²) in [6, 6.07) is 12.8. The van der Waals surface area contributed by atoms with Gasteiger partial charge >= 0.3 is 0 Å². The van der Waals surface area contributed by atoms with Gasteiger partial charge in [-0.2, -0.15) is 0 Å². The predicted octanol–water partition coefficient (Wildman–Crippen LogP) is 3.57. The molecule has 0 saturated carbocycles. The van der Waals surface area contributed by atoms with Gasteiger partial charge in [-0.1, -0.05) is 18.2 Å². The lowest BCUT2D eigenvalue weighted by Gasteiger charge is -2.06. The Labute approximate surface area is 138 Å². The third kappa shape index (κ3) is 4.14. The lowest BCUT2D eigenvalue weighted by atomic mass is 10.2. The van der Waals surface area contributed by atoms with Gasteiger partial charge in [0.05, 0.1) is 17.1 Å². The fourth-order valence-corrected chi connectivity index (χ4v) is 2.68. The lowest BCUT2D eigenvalue weighted by molar-refractivity contribution is 0.0951. The van der Waals surface area contributed by atoms with Gasteiger partial charge in [0.1, 0.15) is 5.75 Å². The van der Waals surface area contributed by atoms with Crippen LogP contribution in [0.5, 0.6) is 11.6 Å². The molecular formula is C17H15N3O2S. The first-order valence-electron chi connectivity index (χ1n) is 7.09. The van der Waals surface area contributed by atoms with Crippen LogP contribution >= 0.6 is 11.3 Å². The summed E-state index contributed by atoms with van der Waals surface area (Å²) < 4.78 is 5.60. The number of thiazole rings is 1. The van der Waals surface area contributed by atoms with Crippen molar-refractivity contribution in [1.29, 1.82) is 0 Å². The zero-order valence-corrected chi connectivity index (χ0v) is 13.3. The zero-order chi connectivity index (χ0) is 16.1. The summed E-state index contributed by atoms with van der Waals surface area (Å²) in [5, 5.41) is 3.83. The van der Waals surface area contributed by atoms with Crippen LogP contribution in [0.25, 0.3) is 0 Å². The number of benzene rings is 1. The molecule has 0 unspecified atom stereocenters. The van der Waals surface area contributed by atoms with E-state index in [9.17, 15) is 4.79 Å². The maximum Gasteiger partial charge on any atom is 0.253 e. The average molecular weight is 325 g/mol. The highest BCUT2D eigenvalue weighted by molar-refractivity contribution is 7.11. The first-order valence-corrected chi connectivity index (χ1v) is 7.91. The molecule has 1 amide bonds. The van der Waals surface area contributed by atoms with Crippen LogP contribution in [0.15, 0.2) is 54.9 Å². The van der Waals surface area contributed by atoms with E-state index in [1.165, 1.54) is 6.20 Å². The van der Waals surface area contributed by atoms with Gasteiger partial charge in [0, 0.05) is 23.3 Å². The molecule has 0 aliphatic carbocycles. The van der Waals surface area contributed by atoms with Gasteiger partial charge in [0.15, 0.2) is 0 Å². The van der Waals surface area contributed by atoms with Crippen LogP contribution in [-0.4, -0.2) is 15.9 Å². The smallest absolute Gasteiger partial charge is 0.253 e. The van der Waals surface area contributed by atoms with Crippen LogP contribution in [-0.2, 0) is 6.54 Å². The van der Waals surface area contributed by atoms with Crippen molar-refractivity contribution in [3.8, 4) is 11.6 Å². The minimum Gasteiger partial charge on any atom is -0.439 e. The molecule has 3 aromatic rings. The molecule has 1 aromatic carbocycles. The number of aryl methyl sites for hydroxylation is 1. The Morgan fingerprint density at radius 3 is 2.61 bits per heavy atom. The molecule has 0 saturated heterocycles. The summed E-state index contributed by atoms with van der Waals surface area (Å²) in [7, 11) is 0. The van der Waals surface area contributed by atoms with E-state index in [2.05, 4.69) is 15.3 Å². The maximum absolute atomic E-state index is 12.1. The minimum absolute atomic E-state index is 0.171. The molecular weight excluding hydrogens is 310 g/mol. The third-order valence-corrected chi connectivity index (χ3v) is 3.97. The Balaban J connectivity index is 1.59. The molecule has 2 heterocycles. The summed E-state index contributed by atoms with van der Waals surface area (Å²) in [5.74, 6) is 0.985. The quantitative estimate of drug-likeness (QED) is 0.779. The molecule has 6 heteroatoms. The monoisotopic (exact) mass is 325 g/mol. The maximum atomic E-state index is 12.1. The SMILES string of the molecule is Cc1ncc(CNC(=O)c2ccc(Oc3ccccc3)nc2)s1. The summed E-state index contributed by atoms with van der Waals surface area (Å²) in [5.41, 5.74) is 0.492. The highest BCUT2D eigenvalue weighted by Gasteiger charge is 2.08. The Bertz CT molecular complexity index is 785. The summed E-state index contributed by atoms with van der Waals surface area (Å²) in [6.07, 6.45) is 3.28. The Kier molecular flexibility index (Phi) is 4.63. The van der Waals surface area contributed by atoms with Gasteiger partial charge in [-0.3, -0.25) is 4.79 Å². The van der Waals surface area contributed by atoms with E-state index < -0.39 is 0 Å². The first-order chi connectivity index (χ1) is 11.2. The van der Waals surface area contributed by atoms with Gasteiger partial charge in [0.2, 0.25) is 5.88 Å². The van der Waals surface area contributed by atoms with Crippen LogP contribution in [0.1, 0.15) is 20.2 Å². The lowest BCUT2D eigenvalue weighted by Crippen LogP contribution is -2.22. The fourth-order valence-electron chi connectivity index (χ4n) is 1.94. The molecule has 0 spiro atoms. The number of hydrogen-bond acceptors (Lipinski definition) is 5. The van der Waals surface area contributed by atoms with E-state index in [-0.39, 0.29) is 5.91 Å². The van der Waals surface area contributed by atoms with E-state index in [0.29, 0.717) is 23.7 Å². The molecule has 0 atom stereocenters. The van der Waals surface area contributed by atoms with Crippen molar-refractivity contribution in [1.82, 2.24) is 15.3 Å². The Morgan fingerprint density at radius 1 is 1.13 bits per heavy atom. The van der Waals surface area contributed by atoms with Crippen LogP contribution in [0.3, 0.4) is 0 Å². The van der Waals surface area contributed by atoms with Crippen molar-refractivity contribution >= 4 is 17.2 Å². The number of aromatic nitrogens is 2. The molecule has 0 bridgehead atoms. The highest BCUT2D eigenvalue weighted by Crippen LogP contribution is 2.18. The molecule has 2 aromatic heterocycles. The van der Waals surface area contributed by atoms with E-state index >= 15 is 0 Å². The van der Waals surface area contributed by atoms with Crippen molar-refractivity contribution in [3.63, 3.8) is 0 Å². The van der Waals surface area contributed by atoms with Crippen molar-refractivity contribution < 1.29 is 9.53 Å². The third-order valence-electron chi connectivity index (χ3n) is 3.06. The van der Waals surface area contributed by atoms with Gasteiger partial charge in [-0.05, 0) is 25.1 Å². The normalized spacial score (nSPS) is 10.3. The second-order valence-electron chi connectivity index (χ2n) is 4.83. The number of para-hydroxylation sites is 1. The average Bonchev–Trinajstić information content (AvgIpc) is 3.00. The molecule has 0 radical (unpaired) electrons. The molecule has 5 nitrogen and oxygen atoms in total. The van der Waals surface area contributed by atoms with Crippen molar-refractivity contribution in [3.05, 3.63) is 70.3 Å². The zero-order valence-electron chi connectivity index (χ0n) is 12.5. The van der Waals surface area contributed by atoms with Crippen LogP contribution in [0, 0.1) is 6.92 Å². The number of pyridine rings is 1. The molecule has 116 valence electrons. The number of hydrogen-bond donors (Lipinski definition) is 1. The van der Waals surface area contributed by atoms with Crippen LogP contribution < -0.4 is 10.1 Å². The van der Waals surface area contributed by atoms with Gasteiger partial charge < -0.3 is 10.1 Å². The number of carbonyl (C=O) groups excluding carboxylic acids is 1. The molecule has 3 rings (SSSR count). The molecule has 0 aliphatic rings. The number of carbonyl (C=O) groups is 1. The number of amides is 1. The molecule has 0 aliphatic heterocycles. The number of rotatable bonds is 5. The highest BCUT2D eigenvalue weighted by atomic mass is 32.1. The standard InChI is InChI=1S/C17H15N3O2S/c1-12-18-10-15(23-12)11-20-17(21)13-7-8-16(19-9-13)22-14-5-3-2-4-6-14/h2-10H,11H2,1H3,(H,20,21). The predicted molar refractivity (Wildman–Crippen MR) is 88.8 cm³/mol. The van der Waals surface area contributed by atoms with E-state index in [4.69, 9.17) is 4.74 Å². The molecule has 23 heavy (non-hydrogen) atoms. The summed E-state index contributed by atoms with van der Waals surface area (Å²) >= 11 is 1.57. The Morgan fingerprint density at radius 2 is 1.96 bits per heavy atom. The van der Waals surface area contributed by atoms with Crippen LogP contribution in [0.4, 0.5) is 0 Å². The van der Waals surface area contributed by atoms with E-state index in [1.807, 2.05) is 37.3 Å². The van der Waals surface area contributed by atoms with Crippen molar-refractivity contribution in [2.45, 2.75) is 13.5 Å². The fraction of sp³-hybridized carbons (Fsp3) is 0.118. The second kappa shape index (κ2) is 7.02. The van der Waals surface area contributed by atoms with E-state index in [1.54, 1.807) is 29.7 Å². The van der Waals surface area contributed by atoms with E-state index in [0.717, 1.165) is 9.88 Å². The second-order valence-corrected chi connectivity index (χ2v) is 6.15. The molecule has 0 fully saturated rings. The largest absolute Gasteiger partial charge is 0.439 e. The number of ether oxygens (including phenoxy) is 1. The first kappa shape index (κ1) is 15.2. The van der Waals surface area contributed by atoms with Gasteiger partial charge in [0.25, 0.3) is 5.91 Å². The topological polar surface area (TPSA) is 64.1 Å².